The van der Waals surface area contributed by atoms with Gasteiger partial charge in [-0.25, -0.2) is 13.1 Å². The van der Waals surface area contributed by atoms with Gasteiger partial charge in [0.05, 0.1) is 0 Å². The molecule has 0 fully saturated rings. The minimum atomic E-state index is -3.64. The van der Waals surface area contributed by atoms with Crippen LogP contribution in [0.2, 0.25) is 0 Å². The first-order chi connectivity index (χ1) is 12.3. The van der Waals surface area contributed by atoms with Crippen molar-refractivity contribution >= 4 is 10.0 Å². The largest absolute Gasteiger partial charge is 0.360 e. The number of nitrogens with zero attached hydrogens (tertiary/aromatic N) is 2. The van der Waals surface area contributed by atoms with Crippen LogP contribution in [-0.2, 0) is 23.0 Å². The van der Waals surface area contributed by atoms with Gasteiger partial charge in [0.2, 0.25) is 10.0 Å². The van der Waals surface area contributed by atoms with Crippen molar-refractivity contribution in [3.05, 3.63) is 46.8 Å². The molecule has 26 heavy (non-hydrogen) atoms. The van der Waals surface area contributed by atoms with Crippen LogP contribution in [0.4, 0.5) is 0 Å². The normalized spacial score (nSPS) is 16.7. The monoisotopic (exact) mass is 377 g/mol. The minimum absolute atomic E-state index is 0.124. The summed E-state index contributed by atoms with van der Waals surface area (Å²) in [5.41, 5.74) is 3.11. The first-order valence-corrected chi connectivity index (χ1v) is 10.5. The Morgan fingerprint density at radius 3 is 2.54 bits per heavy atom. The Labute approximate surface area is 155 Å². The Bertz CT molecular complexity index is 854. The fraction of sp³-hybridized carbons (Fsp3) is 0.526. The molecular formula is C19H27N3O3S. The summed E-state index contributed by atoms with van der Waals surface area (Å²) in [6.07, 6.45) is 0.996. The number of aromatic nitrogens is 1. The van der Waals surface area contributed by atoms with Crippen LogP contribution in [0.25, 0.3) is 0 Å². The molecule has 0 saturated heterocycles. The summed E-state index contributed by atoms with van der Waals surface area (Å²) in [5, 5.41) is 3.75. The molecule has 1 aromatic heterocycles. The Balaban J connectivity index is 1.74. The minimum Gasteiger partial charge on any atom is -0.360 e. The smallest absolute Gasteiger partial charge is 0.246 e. The number of hydrogen-bond acceptors (Lipinski definition) is 5. The lowest BCUT2D eigenvalue weighted by Crippen LogP contribution is -2.48. The molecule has 1 aliphatic rings. The first-order valence-electron chi connectivity index (χ1n) is 9.03. The third kappa shape index (κ3) is 3.84. The van der Waals surface area contributed by atoms with Crippen molar-refractivity contribution in [3.8, 4) is 0 Å². The van der Waals surface area contributed by atoms with Crippen LogP contribution >= 0.6 is 0 Å². The third-order valence-electron chi connectivity index (χ3n) is 5.12. The SMILES string of the molecule is Cc1noc(C)c1S(=O)(=O)NCC(C(C)C)N1CCc2ccccc2C1. The van der Waals surface area contributed by atoms with Crippen LogP contribution in [-0.4, -0.2) is 37.6 Å². The van der Waals surface area contributed by atoms with E-state index >= 15 is 0 Å². The lowest BCUT2D eigenvalue weighted by Gasteiger charge is -2.37. The molecule has 6 nitrogen and oxygen atoms in total. The number of rotatable bonds is 6. The van der Waals surface area contributed by atoms with Gasteiger partial charge in [0.15, 0.2) is 5.76 Å². The molecule has 1 unspecified atom stereocenters. The highest BCUT2D eigenvalue weighted by atomic mass is 32.2. The van der Waals surface area contributed by atoms with Gasteiger partial charge in [-0.1, -0.05) is 43.3 Å². The number of benzene rings is 1. The Morgan fingerprint density at radius 1 is 1.23 bits per heavy atom. The zero-order valence-corrected chi connectivity index (χ0v) is 16.6. The van der Waals surface area contributed by atoms with Crippen molar-refractivity contribution < 1.29 is 12.9 Å². The summed E-state index contributed by atoms with van der Waals surface area (Å²) >= 11 is 0. The molecule has 1 N–H and O–H groups in total. The van der Waals surface area contributed by atoms with Crippen LogP contribution in [0.3, 0.4) is 0 Å². The second kappa shape index (κ2) is 7.50. The molecule has 1 atom stereocenters. The van der Waals surface area contributed by atoms with Crippen LogP contribution < -0.4 is 4.72 Å². The summed E-state index contributed by atoms with van der Waals surface area (Å²) in [4.78, 5) is 2.53. The molecule has 3 rings (SSSR count). The fourth-order valence-electron chi connectivity index (χ4n) is 3.71. The summed E-state index contributed by atoms with van der Waals surface area (Å²) < 4.78 is 33.2. The predicted octanol–water partition coefficient (Wildman–Crippen LogP) is 2.65. The van der Waals surface area contributed by atoms with Gasteiger partial charge in [-0.2, -0.15) is 0 Å². The standard InChI is InChI=1S/C19H27N3O3S/c1-13(2)18(22-10-9-16-7-5-6-8-17(16)12-22)11-20-26(23,24)19-14(3)21-25-15(19)4/h5-8,13,18,20H,9-12H2,1-4H3. The van der Waals surface area contributed by atoms with Crippen molar-refractivity contribution in [1.82, 2.24) is 14.8 Å². The van der Waals surface area contributed by atoms with Crippen LogP contribution in [0.1, 0.15) is 36.4 Å². The van der Waals surface area contributed by atoms with E-state index in [-0.39, 0.29) is 10.9 Å². The zero-order valence-electron chi connectivity index (χ0n) is 15.8. The molecule has 0 spiro atoms. The molecule has 1 aromatic carbocycles. The maximum atomic E-state index is 12.7. The van der Waals surface area contributed by atoms with Gasteiger partial charge in [-0.05, 0) is 37.3 Å². The average Bonchev–Trinajstić information content (AvgIpc) is 2.94. The van der Waals surface area contributed by atoms with Gasteiger partial charge in [0.25, 0.3) is 0 Å². The fourth-order valence-corrected chi connectivity index (χ4v) is 5.09. The Kier molecular flexibility index (Phi) is 5.50. The number of aryl methyl sites for hydroxylation is 2. The quantitative estimate of drug-likeness (QED) is 0.838. The van der Waals surface area contributed by atoms with E-state index in [0.717, 1.165) is 19.5 Å². The number of sulfonamides is 1. The van der Waals surface area contributed by atoms with Gasteiger partial charge in [0, 0.05) is 25.7 Å². The van der Waals surface area contributed by atoms with E-state index in [0.29, 0.717) is 23.9 Å². The maximum Gasteiger partial charge on any atom is 0.246 e. The highest BCUT2D eigenvalue weighted by molar-refractivity contribution is 7.89. The van der Waals surface area contributed by atoms with Crippen LogP contribution in [0.15, 0.2) is 33.7 Å². The summed E-state index contributed by atoms with van der Waals surface area (Å²) in [7, 11) is -3.64. The third-order valence-corrected chi connectivity index (χ3v) is 6.78. The summed E-state index contributed by atoms with van der Waals surface area (Å²) in [6.45, 7) is 9.69. The summed E-state index contributed by atoms with van der Waals surface area (Å²) in [5.74, 6) is 0.649. The highest BCUT2D eigenvalue weighted by Gasteiger charge is 2.29. The van der Waals surface area contributed by atoms with Crippen molar-refractivity contribution in [2.45, 2.75) is 51.6 Å². The highest BCUT2D eigenvalue weighted by Crippen LogP contribution is 2.24. The second-order valence-electron chi connectivity index (χ2n) is 7.31. The number of hydrogen-bond donors (Lipinski definition) is 1. The van der Waals surface area contributed by atoms with Crippen LogP contribution in [0.5, 0.6) is 0 Å². The van der Waals surface area contributed by atoms with Crippen molar-refractivity contribution in [1.29, 1.82) is 0 Å². The Morgan fingerprint density at radius 2 is 1.92 bits per heavy atom. The van der Waals surface area contributed by atoms with Gasteiger partial charge in [-0.3, -0.25) is 4.90 Å². The van der Waals surface area contributed by atoms with E-state index in [1.165, 1.54) is 11.1 Å². The molecule has 0 radical (unpaired) electrons. The second-order valence-corrected chi connectivity index (χ2v) is 9.01. The lowest BCUT2D eigenvalue weighted by atomic mass is 9.95. The van der Waals surface area contributed by atoms with E-state index in [9.17, 15) is 8.42 Å². The van der Waals surface area contributed by atoms with Gasteiger partial charge in [-0.15, -0.1) is 0 Å². The molecule has 0 saturated carbocycles. The molecule has 1 aliphatic heterocycles. The predicted molar refractivity (Wildman–Crippen MR) is 100 cm³/mol. The molecular weight excluding hydrogens is 350 g/mol. The van der Waals surface area contributed by atoms with E-state index in [1.807, 2.05) is 0 Å². The average molecular weight is 378 g/mol. The number of nitrogens with one attached hydrogen (secondary N) is 1. The van der Waals surface area contributed by atoms with Crippen molar-refractivity contribution in [3.63, 3.8) is 0 Å². The van der Waals surface area contributed by atoms with E-state index in [4.69, 9.17) is 4.52 Å². The van der Waals surface area contributed by atoms with Gasteiger partial charge in [0.1, 0.15) is 10.6 Å². The molecule has 142 valence electrons. The molecule has 7 heteroatoms. The van der Waals surface area contributed by atoms with E-state index < -0.39 is 10.0 Å². The lowest BCUT2D eigenvalue weighted by molar-refractivity contribution is 0.141. The van der Waals surface area contributed by atoms with E-state index in [1.54, 1.807) is 13.8 Å². The zero-order chi connectivity index (χ0) is 18.9. The molecule has 0 amide bonds. The topological polar surface area (TPSA) is 75.4 Å². The number of fused-ring (bicyclic) bond motifs is 1. The van der Waals surface area contributed by atoms with Crippen molar-refractivity contribution in [2.75, 3.05) is 13.1 Å². The Hall–Kier alpha value is -1.70. The molecule has 2 aromatic rings. The molecule has 2 heterocycles. The maximum absolute atomic E-state index is 12.7. The van der Waals surface area contributed by atoms with Gasteiger partial charge >= 0.3 is 0 Å². The molecule has 0 bridgehead atoms. The van der Waals surface area contributed by atoms with Gasteiger partial charge < -0.3 is 4.52 Å². The summed E-state index contributed by atoms with van der Waals surface area (Å²) in [6, 6.07) is 8.60. The first kappa shape index (κ1) is 19.1. The van der Waals surface area contributed by atoms with Crippen LogP contribution in [0, 0.1) is 19.8 Å². The van der Waals surface area contributed by atoms with Crippen molar-refractivity contribution in [2.24, 2.45) is 5.92 Å². The van der Waals surface area contributed by atoms with E-state index in [2.05, 4.69) is 52.9 Å². The molecule has 0 aliphatic carbocycles.